The van der Waals surface area contributed by atoms with Crippen LogP contribution in [0.3, 0.4) is 0 Å². The van der Waals surface area contributed by atoms with E-state index in [-0.39, 0.29) is 0 Å². The molecule has 0 aromatic heterocycles. The highest BCUT2D eigenvalue weighted by Crippen LogP contribution is 2.31. The summed E-state index contributed by atoms with van der Waals surface area (Å²) >= 11 is 2.93. The van der Waals surface area contributed by atoms with Crippen molar-refractivity contribution in [2.24, 2.45) is 21.9 Å². The SMILES string of the molecule is CSN.CSc1ccc(-c2ccc(C3CCNCC3)cc2)c(/C(=N/N)NN)c1. The molecule has 0 saturated carbocycles. The Kier molecular flexibility index (Phi) is 9.66. The third-order valence-corrected chi connectivity index (χ3v) is 5.51. The van der Waals surface area contributed by atoms with Gasteiger partial charge in [-0.05, 0) is 73.2 Å². The summed E-state index contributed by atoms with van der Waals surface area (Å²) < 4.78 is 0. The average molecular weight is 419 g/mol. The molecule has 0 spiro atoms. The van der Waals surface area contributed by atoms with Gasteiger partial charge in [0.2, 0.25) is 0 Å². The smallest absolute Gasteiger partial charge is 0.167 e. The predicted molar refractivity (Wildman–Crippen MR) is 124 cm³/mol. The van der Waals surface area contributed by atoms with Gasteiger partial charge in [-0.25, -0.2) is 5.84 Å². The Labute approximate surface area is 176 Å². The summed E-state index contributed by atoms with van der Waals surface area (Å²) in [6, 6.07) is 15.1. The molecule has 0 bridgehead atoms. The van der Waals surface area contributed by atoms with Crippen LogP contribution in [0, 0.1) is 0 Å². The van der Waals surface area contributed by atoms with Crippen LogP contribution in [0.4, 0.5) is 0 Å². The highest BCUT2D eigenvalue weighted by molar-refractivity contribution is 7.98. The minimum absolute atomic E-state index is 0.480. The van der Waals surface area contributed by atoms with Crippen LogP contribution in [-0.4, -0.2) is 31.4 Å². The van der Waals surface area contributed by atoms with Crippen molar-refractivity contribution in [1.29, 1.82) is 0 Å². The summed E-state index contributed by atoms with van der Waals surface area (Å²) in [7, 11) is 0. The van der Waals surface area contributed by atoms with Crippen LogP contribution in [0.2, 0.25) is 0 Å². The molecule has 1 heterocycles. The van der Waals surface area contributed by atoms with Gasteiger partial charge in [0.1, 0.15) is 0 Å². The fraction of sp³-hybridized carbons (Fsp3) is 0.350. The van der Waals surface area contributed by atoms with Crippen LogP contribution in [0.15, 0.2) is 52.5 Å². The van der Waals surface area contributed by atoms with Crippen LogP contribution in [0.5, 0.6) is 0 Å². The van der Waals surface area contributed by atoms with Gasteiger partial charge < -0.3 is 16.6 Å². The maximum atomic E-state index is 5.60. The van der Waals surface area contributed by atoms with Crippen molar-refractivity contribution in [3.8, 4) is 11.1 Å². The number of thioether (sulfide) groups is 1. The minimum Gasteiger partial charge on any atom is -0.321 e. The first-order valence-corrected chi connectivity index (χ1v) is 11.7. The molecule has 0 amide bonds. The number of nitrogens with zero attached hydrogens (tertiary/aromatic N) is 1. The molecule has 6 nitrogen and oxygen atoms in total. The summed E-state index contributed by atoms with van der Waals surface area (Å²) in [5.74, 6) is 12.2. The number of hydrazone groups is 1. The highest BCUT2D eigenvalue weighted by atomic mass is 32.2. The van der Waals surface area contributed by atoms with Crippen molar-refractivity contribution < 1.29 is 0 Å². The lowest BCUT2D eigenvalue weighted by Gasteiger charge is -2.23. The zero-order valence-electron chi connectivity index (χ0n) is 16.4. The standard InChI is InChI=1S/C19H25N5S.CH5NS/c1-25-16-6-7-17(18(12-16)19(23-20)24-21)15-4-2-13(3-5-15)14-8-10-22-11-9-14;1-3-2/h2-7,12,14,22H,8-11,20-21H2,1H3,(H,23,24);2H2,1H3. The summed E-state index contributed by atoms with van der Waals surface area (Å²) in [5, 5.41) is 12.0. The molecule has 0 unspecified atom stereocenters. The number of hydrogen-bond donors (Lipinski definition) is 5. The zero-order valence-corrected chi connectivity index (χ0v) is 18.1. The summed E-state index contributed by atoms with van der Waals surface area (Å²) in [6.07, 6.45) is 6.27. The second-order valence-electron chi connectivity index (χ2n) is 6.42. The van der Waals surface area contributed by atoms with E-state index in [9.17, 15) is 0 Å². The molecule has 0 aliphatic carbocycles. The van der Waals surface area contributed by atoms with E-state index in [4.69, 9.17) is 16.8 Å². The quantitative estimate of drug-likeness (QED) is 0.129. The number of rotatable bonds is 4. The van der Waals surface area contributed by atoms with Gasteiger partial charge in [-0.2, -0.15) is 5.10 Å². The molecule has 3 rings (SSSR count). The van der Waals surface area contributed by atoms with E-state index in [1.54, 1.807) is 11.8 Å². The van der Waals surface area contributed by atoms with Crippen molar-refractivity contribution >= 4 is 29.5 Å². The van der Waals surface area contributed by atoms with E-state index in [0.29, 0.717) is 11.8 Å². The molecule has 1 fully saturated rings. The number of benzene rings is 2. The Bertz CT molecular complexity index is 758. The number of amidine groups is 1. The third kappa shape index (κ3) is 5.89. The first kappa shape index (κ1) is 22.6. The molecular weight excluding hydrogens is 388 g/mol. The topological polar surface area (TPSA) is 114 Å². The Morgan fingerprint density at radius 3 is 2.29 bits per heavy atom. The highest BCUT2D eigenvalue weighted by Gasteiger charge is 2.16. The molecule has 1 saturated heterocycles. The van der Waals surface area contributed by atoms with E-state index in [2.05, 4.69) is 58.3 Å². The molecular formula is C20H30N6S2. The van der Waals surface area contributed by atoms with E-state index in [1.165, 1.54) is 30.4 Å². The average Bonchev–Trinajstić information content (AvgIpc) is 2.76. The fourth-order valence-electron chi connectivity index (χ4n) is 3.37. The summed E-state index contributed by atoms with van der Waals surface area (Å²) in [6.45, 7) is 2.20. The molecule has 0 radical (unpaired) electrons. The van der Waals surface area contributed by atoms with E-state index in [1.807, 2.05) is 12.5 Å². The number of piperidine rings is 1. The van der Waals surface area contributed by atoms with Crippen LogP contribution < -0.4 is 27.6 Å². The molecule has 0 atom stereocenters. The molecule has 28 heavy (non-hydrogen) atoms. The number of hydrogen-bond acceptors (Lipinski definition) is 7. The molecule has 1 aliphatic heterocycles. The molecule has 2 aromatic carbocycles. The van der Waals surface area contributed by atoms with Crippen molar-refractivity contribution in [3.63, 3.8) is 0 Å². The maximum absolute atomic E-state index is 5.60. The van der Waals surface area contributed by atoms with Gasteiger partial charge in [0.15, 0.2) is 5.84 Å². The van der Waals surface area contributed by atoms with Crippen LogP contribution >= 0.6 is 23.7 Å². The Hall–Kier alpha value is -1.71. The van der Waals surface area contributed by atoms with Gasteiger partial charge >= 0.3 is 0 Å². The van der Waals surface area contributed by atoms with E-state index in [0.717, 1.165) is 34.7 Å². The fourth-order valence-corrected chi connectivity index (χ4v) is 3.81. The van der Waals surface area contributed by atoms with Crippen molar-refractivity contribution in [3.05, 3.63) is 53.6 Å². The summed E-state index contributed by atoms with van der Waals surface area (Å²) in [4.78, 5) is 1.14. The predicted octanol–water partition coefficient (Wildman–Crippen LogP) is 2.85. The molecule has 1 aliphatic rings. The molecule has 8 heteroatoms. The van der Waals surface area contributed by atoms with E-state index < -0.39 is 0 Å². The van der Waals surface area contributed by atoms with Crippen molar-refractivity contribution in [2.45, 2.75) is 23.7 Å². The van der Waals surface area contributed by atoms with Gasteiger partial charge in [0.25, 0.3) is 0 Å². The monoisotopic (exact) mass is 418 g/mol. The first-order valence-electron chi connectivity index (χ1n) is 9.15. The zero-order chi connectivity index (χ0) is 20.4. The Morgan fingerprint density at radius 1 is 1.11 bits per heavy atom. The largest absolute Gasteiger partial charge is 0.321 e. The maximum Gasteiger partial charge on any atom is 0.167 e. The van der Waals surface area contributed by atoms with Crippen LogP contribution in [-0.2, 0) is 0 Å². The van der Waals surface area contributed by atoms with Crippen molar-refractivity contribution in [2.75, 3.05) is 25.6 Å². The van der Waals surface area contributed by atoms with Gasteiger partial charge in [-0.15, -0.1) is 11.8 Å². The van der Waals surface area contributed by atoms with Crippen LogP contribution in [0.1, 0.15) is 29.9 Å². The Morgan fingerprint density at radius 2 is 1.75 bits per heavy atom. The normalized spacial score (nSPS) is 14.9. The molecule has 8 N–H and O–H groups in total. The number of hydrazine groups is 1. The molecule has 152 valence electrons. The third-order valence-electron chi connectivity index (χ3n) is 4.78. The number of nitrogens with two attached hydrogens (primary N) is 3. The van der Waals surface area contributed by atoms with Gasteiger partial charge in [0, 0.05) is 10.5 Å². The van der Waals surface area contributed by atoms with E-state index >= 15 is 0 Å². The van der Waals surface area contributed by atoms with Gasteiger partial charge in [0.05, 0.1) is 0 Å². The van der Waals surface area contributed by atoms with Gasteiger partial charge in [-0.3, -0.25) is 5.14 Å². The summed E-state index contributed by atoms with van der Waals surface area (Å²) in [5.41, 5.74) is 7.13. The second-order valence-corrected chi connectivity index (χ2v) is 7.77. The first-order chi connectivity index (χ1) is 13.7. The lowest BCUT2D eigenvalue weighted by atomic mass is 9.89. The number of nitrogens with one attached hydrogen (secondary N) is 2. The van der Waals surface area contributed by atoms with Gasteiger partial charge in [-0.1, -0.05) is 42.3 Å². The molecule has 2 aromatic rings. The van der Waals surface area contributed by atoms with Crippen LogP contribution in [0.25, 0.3) is 11.1 Å². The Balaban J connectivity index is 0.000000878. The van der Waals surface area contributed by atoms with Crippen molar-refractivity contribution in [1.82, 2.24) is 10.7 Å². The lowest BCUT2D eigenvalue weighted by Crippen LogP contribution is -2.32. The second kappa shape index (κ2) is 12.0. The minimum atomic E-state index is 0.480. The lowest BCUT2D eigenvalue weighted by molar-refractivity contribution is 0.460.